The predicted octanol–water partition coefficient (Wildman–Crippen LogP) is 3.74. The van der Waals surface area contributed by atoms with Crippen molar-refractivity contribution in [3.63, 3.8) is 0 Å². The zero-order chi connectivity index (χ0) is 13.6. The Balaban J connectivity index is 2.31. The van der Waals surface area contributed by atoms with Gasteiger partial charge in [-0.25, -0.2) is 9.37 Å². The van der Waals surface area contributed by atoms with Gasteiger partial charge in [-0.15, -0.1) is 0 Å². The molecule has 3 nitrogen and oxygen atoms in total. The van der Waals surface area contributed by atoms with Crippen molar-refractivity contribution in [1.82, 2.24) is 9.55 Å². The molecule has 2 aromatic carbocycles. The summed E-state index contributed by atoms with van der Waals surface area (Å²) in [5.41, 5.74) is 1.79. The normalized spacial score (nSPS) is 11.1. The van der Waals surface area contributed by atoms with Crippen LogP contribution in [0.2, 0.25) is 5.02 Å². The van der Waals surface area contributed by atoms with Gasteiger partial charge in [-0.3, -0.25) is 0 Å². The van der Waals surface area contributed by atoms with Crippen molar-refractivity contribution in [1.29, 1.82) is 0 Å². The first kappa shape index (κ1) is 12.0. The van der Waals surface area contributed by atoms with Gasteiger partial charge in [0.05, 0.1) is 21.6 Å². The number of aromatic nitrogens is 2. The lowest BCUT2D eigenvalue weighted by Crippen LogP contribution is -1.95. The Hall–Kier alpha value is -2.07. The van der Waals surface area contributed by atoms with Crippen LogP contribution in [0.15, 0.2) is 36.4 Å². The molecule has 19 heavy (non-hydrogen) atoms. The Bertz CT molecular complexity index is 782. The van der Waals surface area contributed by atoms with Crippen molar-refractivity contribution in [3.05, 3.63) is 47.2 Å². The lowest BCUT2D eigenvalue weighted by atomic mass is 10.2. The van der Waals surface area contributed by atoms with E-state index in [1.807, 2.05) is 6.07 Å². The van der Waals surface area contributed by atoms with Crippen LogP contribution in [0.4, 0.5) is 4.39 Å². The highest BCUT2D eigenvalue weighted by molar-refractivity contribution is 6.35. The maximum atomic E-state index is 13.9. The monoisotopic (exact) mass is 276 g/mol. The van der Waals surface area contributed by atoms with Gasteiger partial charge in [0.25, 0.3) is 0 Å². The average Bonchev–Trinajstić information content (AvgIpc) is 2.68. The maximum absolute atomic E-state index is 13.9. The van der Waals surface area contributed by atoms with Crippen molar-refractivity contribution in [2.45, 2.75) is 0 Å². The van der Waals surface area contributed by atoms with E-state index < -0.39 is 5.82 Å². The summed E-state index contributed by atoms with van der Waals surface area (Å²) in [7, 11) is 1.78. The number of para-hydroxylation sites is 1. The number of benzene rings is 2. The number of aromatic hydroxyl groups is 1. The fourth-order valence-electron chi connectivity index (χ4n) is 2.15. The minimum absolute atomic E-state index is 0.113. The molecule has 0 aliphatic carbocycles. The van der Waals surface area contributed by atoms with E-state index in [4.69, 9.17) is 11.6 Å². The molecule has 0 atom stereocenters. The number of rotatable bonds is 1. The van der Waals surface area contributed by atoms with Crippen LogP contribution in [0, 0.1) is 5.82 Å². The fraction of sp³-hybridized carbons (Fsp3) is 0.0714. The van der Waals surface area contributed by atoms with E-state index in [9.17, 15) is 9.50 Å². The fourth-order valence-corrected chi connectivity index (χ4v) is 2.44. The SMILES string of the molecule is Cn1c(-c2ccc(O)cc2F)nc2cccc(Cl)c21. The second-order valence-electron chi connectivity index (χ2n) is 4.27. The van der Waals surface area contributed by atoms with E-state index in [1.54, 1.807) is 23.7 Å². The van der Waals surface area contributed by atoms with Crippen LogP contribution in [-0.2, 0) is 7.05 Å². The number of phenols is 1. The van der Waals surface area contributed by atoms with Crippen molar-refractivity contribution >= 4 is 22.6 Å². The molecular formula is C14H10ClFN2O. The topological polar surface area (TPSA) is 38.0 Å². The summed E-state index contributed by atoms with van der Waals surface area (Å²) in [5.74, 6) is -0.159. The van der Waals surface area contributed by atoms with E-state index in [-0.39, 0.29) is 5.75 Å². The zero-order valence-electron chi connectivity index (χ0n) is 10.1. The van der Waals surface area contributed by atoms with E-state index in [0.29, 0.717) is 21.9 Å². The summed E-state index contributed by atoms with van der Waals surface area (Å²) in [6.07, 6.45) is 0. The maximum Gasteiger partial charge on any atom is 0.143 e. The molecule has 3 aromatic rings. The highest BCUT2D eigenvalue weighted by atomic mass is 35.5. The molecule has 1 N–H and O–H groups in total. The molecular weight excluding hydrogens is 267 g/mol. The van der Waals surface area contributed by atoms with E-state index in [2.05, 4.69) is 4.98 Å². The quantitative estimate of drug-likeness (QED) is 0.735. The summed E-state index contributed by atoms with van der Waals surface area (Å²) in [5, 5.41) is 9.82. The molecule has 0 spiro atoms. The summed E-state index contributed by atoms with van der Waals surface area (Å²) in [6, 6.07) is 9.38. The Labute approximate surface area is 113 Å². The Kier molecular flexibility index (Phi) is 2.68. The molecule has 0 saturated carbocycles. The molecule has 3 rings (SSSR count). The molecule has 96 valence electrons. The number of aryl methyl sites for hydroxylation is 1. The first-order valence-electron chi connectivity index (χ1n) is 5.68. The number of fused-ring (bicyclic) bond motifs is 1. The van der Waals surface area contributed by atoms with E-state index in [1.165, 1.54) is 12.1 Å². The van der Waals surface area contributed by atoms with Crippen LogP contribution in [0.3, 0.4) is 0 Å². The Morgan fingerprint density at radius 3 is 2.74 bits per heavy atom. The van der Waals surface area contributed by atoms with Gasteiger partial charge in [-0.1, -0.05) is 17.7 Å². The number of hydrogen-bond donors (Lipinski definition) is 1. The second kappa shape index (κ2) is 4.24. The molecule has 5 heteroatoms. The van der Waals surface area contributed by atoms with E-state index in [0.717, 1.165) is 11.6 Å². The van der Waals surface area contributed by atoms with Crippen LogP contribution in [0.5, 0.6) is 5.75 Å². The molecule has 0 unspecified atom stereocenters. The molecule has 1 heterocycles. The molecule has 0 aliphatic heterocycles. The van der Waals surface area contributed by atoms with Gasteiger partial charge in [0, 0.05) is 13.1 Å². The minimum Gasteiger partial charge on any atom is -0.508 e. The van der Waals surface area contributed by atoms with Gasteiger partial charge in [0.2, 0.25) is 0 Å². The lowest BCUT2D eigenvalue weighted by molar-refractivity contribution is 0.469. The van der Waals surface area contributed by atoms with Crippen molar-refractivity contribution in [2.24, 2.45) is 7.05 Å². The third-order valence-electron chi connectivity index (χ3n) is 3.04. The van der Waals surface area contributed by atoms with Crippen LogP contribution < -0.4 is 0 Å². The Morgan fingerprint density at radius 1 is 1.26 bits per heavy atom. The average molecular weight is 277 g/mol. The summed E-state index contributed by atoms with van der Waals surface area (Å²) < 4.78 is 15.6. The van der Waals surface area contributed by atoms with Crippen molar-refractivity contribution in [3.8, 4) is 17.1 Å². The van der Waals surface area contributed by atoms with Crippen LogP contribution >= 0.6 is 11.6 Å². The summed E-state index contributed by atoms with van der Waals surface area (Å²) in [6.45, 7) is 0. The third-order valence-corrected chi connectivity index (χ3v) is 3.34. The van der Waals surface area contributed by atoms with Gasteiger partial charge in [-0.05, 0) is 24.3 Å². The van der Waals surface area contributed by atoms with Crippen LogP contribution in [0.25, 0.3) is 22.4 Å². The highest BCUT2D eigenvalue weighted by Crippen LogP contribution is 2.30. The number of halogens is 2. The Morgan fingerprint density at radius 2 is 2.05 bits per heavy atom. The molecule has 0 radical (unpaired) electrons. The predicted molar refractivity (Wildman–Crippen MR) is 72.8 cm³/mol. The largest absolute Gasteiger partial charge is 0.508 e. The number of hydrogen-bond acceptors (Lipinski definition) is 2. The standard InChI is InChI=1S/C14H10ClFN2O/c1-18-13-10(15)3-2-4-12(13)17-14(18)9-6-5-8(19)7-11(9)16/h2-7,19H,1H3. The number of nitrogens with zero attached hydrogens (tertiary/aromatic N) is 2. The number of phenolic OH excluding ortho intramolecular Hbond substituents is 1. The van der Waals surface area contributed by atoms with Gasteiger partial charge >= 0.3 is 0 Å². The highest BCUT2D eigenvalue weighted by Gasteiger charge is 2.15. The van der Waals surface area contributed by atoms with Crippen LogP contribution in [-0.4, -0.2) is 14.7 Å². The summed E-state index contributed by atoms with van der Waals surface area (Å²) >= 11 is 6.13. The molecule has 1 aromatic heterocycles. The van der Waals surface area contributed by atoms with Gasteiger partial charge in [0.1, 0.15) is 17.4 Å². The third kappa shape index (κ3) is 1.85. The molecule has 0 amide bonds. The summed E-state index contributed by atoms with van der Waals surface area (Å²) in [4.78, 5) is 4.39. The minimum atomic E-state index is -0.519. The zero-order valence-corrected chi connectivity index (χ0v) is 10.8. The lowest BCUT2D eigenvalue weighted by Gasteiger charge is -2.04. The molecule has 0 fully saturated rings. The molecule has 0 bridgehead atoms. The first-order valence-corrected chi connectivity index (χ1v) is 6.05. The first-order chi connectivity index (χ1) is 9.08. The smallest absolute Gasteiger partial charge is 0.143 e. The van der Waals surface area contributed by atoms with Crippen LogP contribution in [0.1, 0.15) is 0 Å². The van der Waals surface area contributed by atoms with E-state index >= 15 is 0 Å². The van der Waals surface area contributed by atoms with Gasteiger partial charge in [0.15, 0.2) is 0 Å². The molecule has 0 saturated heterocycles. The van der Waals surface area contributed by atoms with Gasteiger partial charge < -0.3 is 9.67 Å². The second-order valence-corrected chi connectivity index (χ2v) is 4.67. The number of imidazole rings is 1. The van der Waals surface area contributed by atoms with Crippen molar-refractivity contribution < 1.29 is 9.50 Å². The van der Waals surface area contributed by atoms with Gasteiger partial charge in [-0.2, -0.15) is 0 Å². The van der Waals surface area contributed by atoms with Crippen molar-refractivity contribution in [2.75, 3.05) is 0 Å². The molecule has 0 aliphatic rings.